The lowest BCUT2D eigenvalue weighted by atomic mass is 10.1. The lowest BCUT2D eigenvalue weighted by molar-refractivity contribution is -0.137. The Morgan fingerprint density at radius 3 is 2.52 bits per heavy atom. The number of anilines is 2. The maximum absolute atomic E-state index is 13.2. The van der Waals surface area contributed by atoms with Crippen LogP contribution in [0.15, 0.2) is 48.7 Å². The van der Waals surface area contributed by atoms with Crippen LogP contribution < -0.4 is 10.2 Å². The smallest absolute Gasteiger partial charge is 0.306 e. The average Bonchev–Trinajstić information content (AvgIpc) is 3.16. The van der Waals surface area contributed by atoms with E-state index in [-0.39, 0.29) is 23.8 Å². The van der Waals surface area contributed by atoms with E-state index >= 15 is 0 Å². The van der Waals surface area contributed by atoms with Gasteiger partial charge in [0.15, 0.2) is 0 Å². The maximum Gasteiger partial charge on any atom is 0.416 e. The fraction of sp³-hybridized carbons (Fsp3) is 0.238. The van der Waals surface area contributed by atoms with E-state index in [0.717, 1.165) is 12.1 Å². The van der Waals surface area contributed by atoms with Crippen LogP contribution >= 0.6 is 0 Å². The number of carbonyl (C=O) groups excluding carboxylic acids is 2. The summed E-state index contributed by atoms with van der Waals surface area (Å²) in [4.78, 5) is 31.6. The highest BCUT2D eigenvalue weighted by Crippen LogP contribution is 2.33. The fourth-order valence-electron chi connectivity index (χ4n) is 3.48. The molecular formula is C21H18F3N5O2. The zero-order chi connectivity index (χ0) is 22.3. The summed E-state index contributed by atoms with van der Waals surface area (Å²) in [5.74, 6) is -0.729. The Bertz CT molecular complexity index is 1150. The zero-order valence-electron chi connectivity index (χ0n) is 16.6. The second kappa shape index (κ2) is 7.53. The van der Waals surface area contributed by atoms with Gasteiger partial charge in [-0.25, -0.2) is 4.98 Å². The van der Waals surface area contributed by atoms with Crippen LogP contribution in [0.3, 0.4) is 0 Å². The summed E-state index contributed by atoms with van der Waals surface area (Å²) < 4.78 is 40.0. The molecule has 1 atom stereocenters. The number of carbonyl (C=O) groups is 2. The highest BCUT2D eigenvalue weighted by atomic mass is 19.4. The molecule has 1 aliphatic heterocycles. The van der Waals surface area contributed by atoms with Crippen molar-refractivity contribution in [3.8, 4) is 0 Å². The second-order valence-corrected chi connectivity index (χ2v) is 7.28. The molecule has 0 unspecified atom stereocenters. The van der Waals surface area contributed by atoms with Crippen LogP contribution in [0.1, 0.15) is 45.1 Å². The number of benzene rings is 1. The molecule has 0 spiro atoms. The highest BCUT2D eigenvalue weighted by molar-refractivity contribution is 6.15. The topological polar surface area (TPSA) is 80.1 Å². The van der Waals surface area contributed by atoms with Crippen LogP contribution in [0.25, 0.3) is 0 Å². The minimum atomic E-state index is -4.47. The molecule has 2 aromatic heterocycles. The Hall–Kier alpha value is -3.69. The van der Waals surface area contributed by atoms with Gasteiger partial charge < -0.3 is 10.2 Å². The highest BCUT2D eigenvalue weighted by Gasteiger charge is 2.36. The molecule has 7 nitrogen and oxygen atoms in total. The quantitative estimate of drug-likeness (QED) is 0.681. The standard InChI is InChI=1S/C21H18F3N5O2/c1-12-4-3-5-17(26-12)27-19(30)16-10-25-29-13(2)11-28(20(31)18(16)29)15-8-6-14(7-9-15)21(22,23)24/h3-10,13H,11H2,1-2H3,(H,26,27,30)/t13-/m0/s1. The lowest BCUT2D eigenvalue weighted by Gasteiger charge is -2.32. The second-order valence-electron chi connectivity index (χ2n) is 7.28. The Kier molecular flexibility index (Phi) is 5.00. The van der Waals surface area contributed by atoms with E-state index in [1.165, 1.54) is 27.9 Å². The third-order valence-corrected chi connectivity index (χ3v) is 4.99. The molecule has 1 N–H and O–H groups in total. The summed E-state index contributed by atoms with van der Waals surface area (Å²) in [6.45, 7) is 3.80. The SMILES string of the molecule is Cc1cccc(NC(=O)c2cnn3c2C(=O)N(c2ccc(C(F)(F)F)cc2)C[C@@H]3C)n1. The van der Waals surface area contributed by atoms with Gasteiger partial charge in [0.05, 0.1) is 23.4 Å². The molecule has 3 heterocycles. The van der Waals surface area contributed by atoms with Gasteiger partial charge in [0.1, 0.15) is 11.5 Å². The molecular weight excluding hydrogens is 411 g/mol. The number of alkyl halides is 3. The van der Waals surface area contributed by atoms with Crippen LogP contribution in [0.4, 0.5) is 24.7 Å². The molecule has 3 aromatic rings. The Morgan fingerprint density at radius 2 is 1.87 bits per heavy atom. The minimum absolute atomic E-state index is 0.0665. The summed E-state index contributed by atoms with van der Waals surface area (Å²) in [5, 5.41) is 6.83. The molecule has 0 saturated heterocycles. The van der Waals surface area contributed by atoms with Gasteiger partial charge >= 0.3 is 6.18 Å². The number of pyridine rings is 1. The summed E-state index contributed by atoms with van der Waals surface area (Å²) in [7, 11) is 0. The number of rotatable bonds is 3. The molecule has 1 aliphatic rings. The van der Waals surface area contributed by atoms with Gasteiger partial charge in [-0.1, -0.05) is 6.07 Å². The lowest BCUT2D eigenvalue weighted by Crippen LogP contribution is -2.43. The third-order valence-electron chi connectivity index (χ3n) is 4.99. The van der Waals surface area contributed by atoms with E-state index in [2.05, 4.69) is 15.4 Å². The van der Waals surface area contributed by atoms with Crippen LogP contribution in [0, 0.1) is 6.92 Å². The molecule has 0 saturated carbocycles. The number of fused-ring (bicyclic) bond motifs is 1. The first-order chi connectivity index (χ1) is 14.6. The number of hydrogen-bond donors (Lipinski definition) is 1. The molecule has 0 radical (unpaired) electrons. The molecule has 2 amide bonds. The normalized spacial score (nSPS) is 16.2. The van der Waals surface area contributed by atoms with E-state index in [4.69, 9.17) is 0 Å². The number of amides is 2. The van der Waals surface area contributed by atoms with Crippen molar-refractivity contribution < 1.29 is 22.8 Å². The number of aryl methyl sites for hydroxylation is 1. The summed E-state index contributed by atoms with van der Waals surface area (Å²) in [6, 6.07) is 9.21. The van der Waals surface area contributed by atoms with E-state index in [0.29, 0.717) is 17.2 Å². The molecule has 1 aromatic carbocycles. The van der Waals surface area contributed by atoms with Crippen molar-refractivity contribution in [2.24, 2.45) is 0 Å². The maximum atomic E-state index is 13.2. The Balaban J connectivity index is 1.65. The van der Waals surface area contributed by atoms with Gasteiger partial charge in [-0.2, -0.15) is 18.3 Å². The van der Waals surface area contributed by atoms with Gasteiger partial charge in [0.2, 0.25) is 0 Å². The first kappa shape index (κ1) is 20.6. The predicted molar refractivity (Wildman–Crippen MR) is 107 cm³/mol. The zero-order valence-corrected chi connectivity index (χ0v) is 16.6. The van der Waals surface area contributed by atoms with Gasteiger partial charge in [-0.3, -0.25) is 14.3 Å². The number of hydrogen-bond acceptors (Lipinski definition) is 4. The summed E-state index contributed by atoms with van der Waals surface area (Å²) in [5.41, 5.74) is 0.363. The first-order valence-electron chi connectivity index (χ1n) is 9.47. The van der Waals surface area contributed by atoms with Crippen molar-refractivity contribution in [2.75, 3.05) is 16.8 Å². The number of halogens is 3. The van der Waals surface area contributed by atoms with Gasteiger partial charge in [-0.05, 0) is 50.2 Å². The Labute approximate surface area is 175 Å². The van der Waals surface area contributed by atoms with Crippen LogP contribution in [-0.2, 0) is 6.18 Å². The van der Waals surface area contributed by atoms with Crippen molar-refractivity contribution in [1.82, 2.24) is 14.8 Å². The van der Waals surface area contributed by atoms with Crippen molar-refractivity contribution >= 4 is 23.3 Å². The molecule has 31 heavy (non-hydrogen) atoms. The van der Waals surface area contributed by atoms with Gasteiger partial charge in [0, 0.05) is 17.9 Å². The van der Waals surface area contributed by atoms with Crippen molar-refractivity contribution in [3.63, 3.8) is 0 Å². The molecule has 0 aliphatic carbocycles. The molecule has 160 valence electrons. The largest absolute Gasteiger partial charge is 0.416 e. The fourth-order valence-corrected chi connectivity index (χ4v) is 3.48. The van der Waals surface area contributed by atoms with Crippen LogP contribution in [-0.4, -0.2) is 33.1 Å². The van der Waals surface area contributed by atoms with Crippen molar-refractivity contribution in [1.29, 1.82) is 0 Å². The first-order valence-corrected chi connectivity index (χ1v) is 9.47. The summed E-state index contributed by atoms with van der Waals surface area (Å²) >= 11 is 0. The van der Waals surface area contributed by atoms with E-state index in [1.807, 2.05) is 6.92 Å². The third kappa shape index (κ3) is 3.88. The minimum Gasteiger partial charge on any atom is -0.306 e. The monoisotopic (exact) mass is 429 g/mol. The summed E-state index contributed by atoms with van der Waals surface area (Å²) in [6.07, 6.45) is -3.16. The van der Waals surface area contributed by atoms with Crippen LogP contribution in [0.2, 0.25) is 0 Å². The molecule has 10 heteroatoms. The average molecular weight is 429 g/mol. The number of nitrogens with one attached hydrogen (secondary N) is 1. The van der Waals surface area contributed by atoms with Crippen LogP contribution in [0.5, 0.6) is 0 Å². The van der Waals surface area contributed by atoms with Gasteiger partial charge in [0.25, 0.3) is 11.8 Å². The predicted octanol–water partition coefficient (Wildman–Crippen LogP) is 4.08. The Morgan fingerprint density at radius 1 is 1.16 bits per heavy atom. The number of nitrogens with zero attached hydrogens (tertiary/aromatic N) is 4. The van der Waals surface area contributed by atoms with Crippen molar-refractivity contribution in [3.05, 3.63) is 71.2 Å². The van der Waals surface area contributed by atoms with Crippen molar-refractivity contribution in [2.45, 2.75) is 26.1 Å². The molecule has 0 bridgehead atoms. The molecule has 4 rings (SSSR count). The van der Waals surface area contributed by atoms with E-state index in [9.17, 15) is 22.8 Å². The van der Waals surface area contributed by atoms with E-state index in [1.54, 1.807) is 25.1 Å². The van der Waals surface area contributed by atoms with Gasteiger partial charge in [-0.15, -0.1) is 0 Å². The molecule has 0 fully saturated rings. The number of aromatic nitrogens is 3. The van der Waals surface area contributed by atoms with E-state index < -0.39 is 23.6 Å².